The van der Waals surface area contributed by atoms with Gasteiger partial charge in [-0.05, 0) is 62.3 Å². The van der Waals surface area contributed by atoms with Gasteiger partial charge in [0, 0.05) is 31.5 Å². The zero-order valence-electron chi connectivity index (χ0n) is 18.9. The number of aromatic nitrogens is 1. The molecule has 2 aromatic rings. The molecule has 1 aliphatic rings. The van der Waals surface area contributed by atoms with Gasteiger partial charge in [0.1, 0.15) is 0 Å². The van der Waals surface area contributed by atoms with Gasteiger partial charge in [0.2, 0.25) is 0 Å². The maximum Gasteiger partial charge on any atom is 0.355 e. The normalized spacial score (nSPS) is 14.9. The molecule has 0 aliphatic carbocycles. The van der Waals surface area contributed by atoms with Crippen molar-refractivity contribution in [1.29, 1.82) is 0 Å². The second kappa shape index (κ2) is 11.7. The van der Waals surface area contributed by atoms with E-state index < -0.39 is 5.97 Å². The minimum atomic E-state index is -1.02. The van der Waals surface area contributed by atoms with Crippen LogP contribution in [0, 0.1) is 6.92 Å². The third-order valence-corrected chi connectivity index (χ3v) is 5.75. The molecule has 1 fully saturated rings. The molecule has 0 radical (unpaired) electrons. The molecule has 1 aliphatic heterocycles. The van der Waals surface area contributed by atoms with E-state index in [2.05, 4.69) is 22.0 Å². The Morgan fingerprint density at radius 2 is 1.97 bits per heavy atom. The Morgan fingerprint density at radius 3 is 2.66 bits per heavy atom. The van der Waals surface area contributed by atoms with Crippen LogP contribution in [0.25, 0.3) is 11.1 Å². The first-order chi connectivity index (χ1) is 15.5. The summed E-state index contributed by atoms with van der Waals surface area (Å²) in [6.45, 7) is 7.03. The summed E-state index contributed by atoms with van der Waals surface area (Å²) in [5.41, 5.74) is 3.85. The van der Waals surface area contributed by atoms with E-state index in [-0.39, 0.29) is 17.8 Å². The second-order valence-corrected chi connectivity index (χ2v) is 8.11. The molecule has 3 rings (SSSR count). The SMILES string of the molecule is CCOC(=O)CN1CCC(OCCCc2ccc(-c3cccnc3C(=O)O)c(C)c2)CC1. The Kier molecular flexibility index (Phi) is 8.76. The van der Waals surface area contributed by atoms with Crippen LogP contribution in [0.1, 0.15) is 47.8 Å². The first-order valence-electron chi connectivity index (χ1n) is 11.3. The second-order valence-electron chi connectivity index (χ2n) is 8.11. The van der Waals surface area contributed by atoms with Crippen LogP contribution in [0.3, 0.4) is 0 Å². The van der Waals surface area contributed by atoms with Gasteiger partial charge in [-0.3, -0.25) is 9.69 Å². The average Bonchev–Trinajstić information content (AvgIpc) is 2.78. The molecule has 1 aromatic heterocycles. The number of ether oxygens (including phenoxy) is 2. The number of hydrogen-bond donors (Lipinski definition) is 1. The van der Waals surface area contributed by atoms with Gasteiger partial charge in [-0.1, -0.05) is 24.3 Å². The van der Waals surface area contributed by atoms with Gasteiger partial charge in [-0.2, -0.15) is 0 Å². The molecule has 172 valence electrons. The average molecular weight is 441 g/mol. The molecule has 1 N–H and O–H groups in total. The lowest BCUT2D eigenvalue weighted by molar-refractivity contribution is -0.145. The highest BCUT2D eigenvalue weighted by molar-refractivity contribution is 5.94. The molecule has 0 bridgehead atoms. The molecule has 0 saturated carbocycles. The summed E-state index contributed by atoms with van der Waals surface area (Å²) >= 11 is 0. The third-order valence-electron chi connectivity index (χ3n) is 5.75. The number of carboxylic acids is 1. The van der Waals surface area contributed by atoms with E-state index in [9.17, 15) is 14.7 Å². The lowest BCUT2D eigenvalue weighted by atomic mass is 9.96. The van der Waals surface area contributed by atoms with Crippen molar-refractivity contribution >= 4 is 11.9 Å². The van der Waals surface area contributed by atoms with Crippen LogP contribution in [0.4, 0.5) is 0 Å². The zero-order valence-corrected chi connectivity index (χ0v) is 18.9. The van der Waals surface area contributed by atoms with Gasteiger partial charge < -0.3 is 14.6 Å². The fourth-order valence-corrected chi connectivity index (χ4v) is 4.13. The summed E-state index contributed by atoms with van der Waals surface area (Å²) in [7, 11) is 0. The number of benzene rings is 1. The molecule has 0 spiro atoms. The summed E-state index contributed by atoms with van der Waals surface area (Å²) < 4.78 is 11.1. The summed E-state index contributed by atoms with van der Waals surface area (Å²) in [6.07, 6.45) is 5.45. The van der Waals surface area contributed by atoms with Crippen molar-refractivity contribution in [3.8, 4) is 11.1 Å². The summed E-state index contributed by atoms with van der Waals surface area (Å²) in [6, 6.07) is 9.70. The topological polar surface area (TPSA) is 89.0 Å². The first-order valence-corrected chi connectivity index (χ1v) is 11.3. The maximum absolute atomic E-state index is 11.6. The van der Waals surface area contributed by atoms with E-state index in [1.165, 1.54) is 11.8 Å². The molecule has 1 saturated heterocycles. The molecular formula is C25H32N2O5. The minimum absolute atomic E-state index is 0.0741. The quantitative estimate of drug-likeness (QED) is 0.445. The van der Waals surface area contributed by atoms with E-state index in [1.54, 1.807) is 12.1 Å². The highest BCUT2D eigenvalue weighted by Gasteiger charge is 2.21. The van der Waals surface area contributed by atoms with Crippen molar-refractivity contribution < 1.29 is 24.2 Å². The predicted octanol–water partition coefficient (Wildman–Crippen LogP) is 3.73. The van der Waals surface area contributed by atoms with E-state index in [0.29, 0.717) is 25.3 Å². The Bertz CT molecular complexity index is 922. The minimum Gasteiger partial charge on any atom is -0.476 e. The van der Waals surface area contributed by atoms with Crippen LogP contribution in [0.15, 0.2) is 36.5 Å². The third kappa shape index (κ3) is 6.61. The maximum atomic E-state index is 11.6. The predicted molar refractivity (Wildman–Crippen MR) is 122 cm³/mol. The molecule has 0 amide bonds. The van der Waals surface area contributed by atoms with Crippen molar-refractivity contribution in [3.05, 3.63) is 53.3 Å². The van der Waals surface area contributed by atoms with Crippen LogP contribution in [-0.4, -0.2) is 65.9 Å². The van der Waals surface area contributed by atoms with Gasteiger partial charge in [-0.25, -0.2) is 9.78 Å². The number of aryl methyl sites for hydroxylation is 2. The molecule has 1 aromatic carbocycles. The van der Waals surface area contributed by atoms with Crippen molar-refractivity contribution in [2.75, 3.05) is 32.8 Å². The molecule has 7 nitrogen and oxygen atoms in total. The number of piperidine rings is 1. The van der Waals surface area contributed by atoms with Crippen LogP contribution in [-0.2, 0) is 20.7 Å². The highest BCUT2D eigenvalue weighted by Crippen LogP contribution is 2.27. The van der Waals surface area contributed by atoms with Crippen molar-refractivity contribution in [1.82, 2.24) is 9.88 Å². The van der Waals surface area contributed by atoms with Crippen LogP contribution in [0.5, 0.6) is 0 Å². The van der Waals surface area contributed by atoms with Crippen molar-refractivity contribution in [2.24, 2.45) is 0 Å². The van der Waals surface area contributed by atoms with Crippen LogP contribution < -0.4 is 0 Å². The van der Waals surface area contributed by atoms with E-state index >= 15 is 0 Å². The summed E-state index contributed by atoms with van der Waals surface area (Å²) in [4.78, 5) is 29.2. The molecule has 2 heterocycles. The lowest BCUT2D eigenvalue weighted by Gasteiger charge is -2.31. The van der Waals surface area contributed by atoms with Gasteiger partial charge >= 0.3 is 11.9 Å². The Hall–Kier alpha value is -2.77. The van der Waals surface area contributed by atoms with E-state index in [0.717, 1.165) is 49.9 Å². The number of hydrogen-bond acceptors (Lipinski definition) is 6. The van der Waals surface area contributed by atoms with Crippen molar-refractivity contribution in [2.45, 2.75) is 45.6 Å². The molecular weight excluding hydrogens is 408 g/mol. The highest BCUT2D eigenvalue weighted by atomic mass is 16.5. The standard InChI is InChI=1S/C25H32N2O5/c1-3-31-23(28)17-27-13-10-20(11-14-27)32-15-5-6-19-8-9-21(18(2)16-19)22-7-4-12-26-24(22)25(29)30/h4,7-9,12,16,20H,3,5-6,10-11,13-15,17H2,1-2H3,(H,29,30). The zero-order chi connectivity index (χ0) is 22.9. The summed E-state index contributed by atoms with van der Waals surface area (Å²) in [5, 5.41) is 9.40. The molecule has 32 heavy (non-hydrogen) atoms. The van der Waals surface area contributed by atoms with Crippen LogP contribution >= 0.6 is 0 Å². The van der Waals surface area contributed by atoms with Crippen LogP contribution in [0.2, 0.25) is 0 Å². The van der Waals surface area contributed by atoms with Gasteiger partial charge in [0.25, 0.3) is 0 Å². The Balaban J connectivity index is 1.43. The summed E-state index contributed by atoms with van der Waals surface area (Å²) in [5.74, 6) is -1.18. The fourth-order valence-electron chi connectivity index (χ4n) is 4.13. The number of aromatic carboxylic acids is 1. The largest absolute Gasteiger partial charge is 0.476 e. The molecule has 7 heteroatoms. The monoisotopic (exact) mass is 440 g/mol. The number of pyridine rings is 1. The van der Waals surface area contributed by atoms with E-state index in [1.807, 2.05) is 19.9 Å². The Morgan fingerprint density at radius 1 is 1.19 bits per heavy atom. The number of likely N-dealkylation sites (tertiary alicyclic amines) is 1. The van der Waals surface area contributed by atoms with Gasteiger partial charge in [-0.15, -0.1) is 0 Å². The number of carbonyl (C=O) groups excluding carboxylic acids is 1. The number of esters is 1. The number of nitrogens with zero attached hydrogens (tertiary/aromatic N) is 2. The molecule has 0 atom stereocenters. The van der Waals surface area contributed by atoms with Crippen molar-refractivity contribution in [3.63, 3.8) is 0 Å². The Labute approximate surface area is 189 Å². The van der Waals surface area contributed by atoms with E-state index in [4.69, 9.17) is 9.47 Å². The smallest absolute Gasteiger partial charge is 0.355 e. The lowest BCUT2D eigenvalue weighted by Crippen LogP contribution is -2.40. The number of rotatable bonds is 10. The number of carboxylic acid groups (broad SMARTS) is 1. The fraction of sp³-hybridized carbons (Fsp3) is 0.480. The van der Waals surface area contributed by atoms with Gasteiger partial charge in [0.05, 0.1) is 19.3 Å². The molecule has 0 unspecified atom stereocenters. The van der Waals surface area contributed by atoms with Gasteiger partial charge in [0.15, 0.2) is 5.69 Å². The first kappa shape index (κ1) is 23.9. The number of carbonyl (C=O) groups is 2.